The number of hydrogen-bond donors (Lipinski definition) is 0. The van der Waals surface area contributed by atoms with Gasteiger partial charge in [-0.25, -0.2) is 0 Å². The highest BCUT2D eigenvalue weighted by molar-refractivity contribution is 6.30. The van der Waals surface area contributed by atoms with Crippen LogP contribution in [0.2, 0.25) is 5.02 Å². The number of amides is 1. The zero-order valence-electron chi connectivity index (χ0n) is 12.9. The van der Waals surface area contributed by atoms with Crippen molar-refractivity contribution in [1.29, 1.82) is 0 Å². The monoisotopic (exact) mass is 331 g/mol. The molecule has 1 aromatic heterocycles. The van der Waals surface area contributed by atoms with Crippen molar-refractivity contribution in [3.8, 4) is 0 Å². The molecule has 1 amide bonds. The van der Waals surface area contributed by atoms with Crippen LogP contribution in [0.4, 0.5) is 5.69 Å². The van der Waals surface area contributed by atoms with Gasteiger partial charge in [-0.15, -0.1) is 0 Å². The maximum absolute atomic E-state index is 12.7. The summed E-state index contributed by atoms with van der Waals surface area (Å²) in [5.74, 6) is 1.24. The van der Waals surface area contributed by atoms with Gasteiger partial charge in [0.25, 0.3) is 5.91 Å². The standard InChI is InChI=1S/C17H18ClN3O2/c1-11-9-20(14-6-4-13(18)5-7-14)10-21(11)17(22)15-8-16(23-19-15)12-2-3-12/h4-8,11-12H,2-3,9-10H2,1H3. The van der Waals surface area contributed by atoms with Gasteiger partial charge in [-0.3, -0.25) is 4.79 Å². The molecule has 1 saturated carbocycles. The SMILES string of the molecule is CC1CN(c2ccc(Cl)cc2)CN1C(=O)c1cc(C2CC2)on1. The Morgan fingerprint density at radius 3 is 2.74 bits per heavy atom. The molecule has 0 radical (unpaired) electrons. The van der Waals surface area contributed by atoms with E-state index < -0.39 is 0 Å². The number of halogens is 1. The molecule has 2 fully saturated rings. The topological polar surface area (TPSA) is 49.6 Å². The van der Waals surface area contributed by atoms with Crippen molar-refractivity contribution in [3.63, 3.8) is 0 Å². The first-order valence-electron chi connectivity index (χ1n) is 7.90. The molecule has 0 N–H and O–H groups in total. The lowest BCUT2D eigenvalue weighted by Gasteiger charge is -2.20. The Labute approximate surface area is 139 Å². The summed E-state index contributed by atoms with van der Waals surface area (Å²) in [6.07, 6.45) is 2.26. The van der Waals surface area contributed by atoms with E-state index in [0.717, 1.165) is 30.8 Å². The van der Waals surface area contributed by atoms with Gasteiger partial charge in [-0.2, -0.15) is 0 Å². The molecule has 5 nitrogen and oxygen atoms in total. The van der Waals surface area contributed by atoms with Crippen molar-refractivity contribution >= 4 is 23.2 Å². The lowest BCUT2D eigenvalue weighted by atomic mass is 10.2. The molecule has 1 aliphatic heterocycles. The molecule has 0 bridgehead atoms. The molecule has 1 atom stereocenters. The Morgan fingerprint density at radius 2 is 2.04 bits per heavy atom. The highest BCUT2D eigenvalue weighted by Gasteiger charge is 2.34. The van der Waals surface area contributed by atoms with E-state index in [1.807, 2.05) is 29.2 Å². The Kier molecular flexibility index (Phi) is 3.53. The van der Waals surface area contributed by atoms with Gasteiger partial charge in [-0.05, 0) is 44.0 Å². The highest BCUT2D eigenvalue weighted by atomic mass is 35.5. The Morgan fingerprint density at radius 1 is 1.30 bits per heavy atom. The Balaban J connectivity index is 1.49. The van der Waals surface area contributed by atoms with Gasteiger partial charge in [0.15, 0.2) is 5.69 Å². The summed E-state index contributed by atoms with van der Waals surface area (Å²) in [6.45, 7) is 3.39. The summed E-state index contributed by atoms with van der Waals surface area (Å²) in [7, 11) is 0. The minimum Gasteiger partial charge on any atom is -0.360 e. The van der Waals surface area contributed by atoms with Crippen molar-refractivity contribution in [2.75, 3.05) is 18.1 Å². The third-order valence-corrected chi connectivity index (χ3v) is 4.77. The second-order valence-electron chi connectivity index (χ2n) is 6.35. The van der Waals surface area contributed by atoms with Crippen LogP contribution >= 0.6 is 11.6 Å². The third-order valence-electron chi connectivity index (χ3n) is 4.52. The third kappa shape index (κ3) is 2.81. The zero-order chi connectivity index (χ0) is 16.0. The molecular weight excluding hydrogens is 314 g/mol. The lowest BCUT2D eigenvalue weighted by molar-refractivity contribution is 0.0740. The quantitative estimate of drug-likeness (QED) is 0.863. The number of anilines is 1. The maximum atomic E-state index is 12.7. The number of carbonyl (C=O) groups excluding carboxylic acids is 1. The van der Waals surface area contributed by atoms with E-state index in [9.17, 15) is 4.79 Å². The van der Waals surface area contributed by atoms with E-state index in [4.69, 9.17) is 16.1 Å². The smallest absolute Gasteiger partial charge is 0.277 e. The van der Waals surface area contributed by atoms with Crippen LogP contribution in [-0.2, 0) is 0 Å². The fourth-order valence-electron chi connectivity index (χ4n) is 3.00. The normalized spacial score (nSPS) is 21.0. The first-order valence-corrected chi connectivity index (χ1v) is 8.27. The average molecular weight is 332 g/mol. The molecule has 0 spiro atoms. The van der Waals surface area contributed by atoms with E-state index in [0.29, 0.717) is 23.3 Å². The Hall–Kier alpha value is -2.01. The number of rotatable bonds is 3. The first kappa shape index (κ1) is 14.6. The van der Waals surface area contributed by atoms with Gasteiger partial charge >= 0.3 is 0 Å². The van der Waals surface area contributed by atoms with E-state index in [1.165, 1.54) is 0 Å². The van der Waals surface area contributed by atoms with Crippen LogP contribution in [0.25, 0.3) is 0 Å². The summed E-state index contributed by atoms with van der Waals surface area (Å²) < 4.78 is 5.30. The molecule has 1 saturated heterocycles. The van der Waals surface area contributed by atoms with Gasteiger partial charge in [0.2, 0.25) is 0 Å². The maximum Gasteiger partial charge on any atom is 0.277 e. The second-order valence-corrected chi connectivity index (χ2v) is 6.79. The number of nitrogens with zero attached hydrogens (tertiary/aromatic N) is 3. The predicted octanol–water partition coefficient (Wildman–Crippen LogP) is 3.51. The number of benzene rings is 1. The fourth-order valence-corrected chi connectivity index (χ4v) is 3.13. The van der Waals surface area contributed by atoms with Crippen LogP contribution in [0.1, 0.15) is 41.9 Å². The van der Waals surface area contributed by atoms with Crippen LogP contribution in [0.15, 0.2) is 34.9 Å². The molecule has 6 heteroatoms. The molecule has 1 unspecified atom stereocenters. The van der Waals surface area contributed by atoms with Crippen molar-refractivity contribution < 1.29 is 9.32 Å². The van der Waals surface area contributed by atoms with Gasteiger partial charge in [-0.1, -0.05) is 16.8 Å². The zero-order valence-corrected chi connectivity index (χ0v) is 13.7. The number of aromatic nitrogens is 1. The Bertz CT molecular complexity index is 724. The van der Waals surface area contributed by atoms with Gasteiger partial charge in [0, 0.05) is 35.3 Å². The van der Waals surface area contributed by atoms with Crippen molar-refractivity contribution in [1.82, 2.24) is 10.1 Å². The fraction of sp³-hybridized carbons (Fsp3) is 0.412. The van der Waals surface area contributed by atoms with Gasteiger partial charge in [0.05, 0.1) is 6.67 Å². The van der Waals surface area contributed by atoms with Crippen molar-refractivity contribution in [3.05, 3.63) is 46.8 Å². The first-order chi connectivity index (χ1) is 11.1. The minimum atomic E-state index is -0.0652. The average Bonchev–Trinajstić information content (AvgIpc) is 3.15. The van der Waals surface area contributed by atoms with Crippen LogP contribution in [0.3, 0.4) is 0 Å². The molecule has 2 aliphatic rings. The molecule has 4 rings (SSSR count). The number of carbonyl (C=O) groups is 1. The highest BCUT2D eigenvalue weighted by Crippen LogP contribution is 2.40. The molecule has 1 aliphatic carbocycles. The van der Waals surface area contributed by atoms with Crippen LogP contribution in [0, 0.1) is 0 Å². The van der Waals surface area contributed by atoms with E-state index in [1.54, 1.807) is 6.07 Å². The second kappa shape index (κ2) is 5.57. The molecular formula is C17H18ClN3O2. The van der Waals surface area contributed by atoms with E-state index in [-0.39, 0.29) is 11.9 Å². The van der Waals surface area contributed by atoms with Gasteiger partial charge < -0.3 is 14.3 Å². The largest absolute Gasteiger partial charge is 0.360 e. The summed E-state index contributed by atoms with van der Waals surface area (Å²) >= 11 is 5.94. The minimum absolute atomic E-state index is 0.0652. The molecule has 120 valence electrons. The van der Waals surface area contributed by atoms with Crippen molar-refractivity contribution in [2.24, 2.45) is 0 Å². The van der Waals surface area contributed by atoms with E-state index in [2.05, 4.69) is 17.0 Å². The number of hydrogen-bond acceptors (Lipinski definition) is 4. The summed E-state index contributed by atoms with van der Waals surface area (Å²) in [6, 6.07) is 9.61. The summed E-state index contributed by atoms with van der Waals surface area (Å²) in [5, 5.41) is 4.68. The molecule has 1 aromatic carbocycles. The van der Waals surface area contributed by atoms with Crippen LogP contribution in [0.5, 0.6) is 0 Å². The predicted molar refractivity (Wildman–Crippen MR) is 87.8 cm³/mol. The molecule has 2 aromatic rings. The summed E-state index contributed by atoms with van der Waals surface area (Å²) in [4.78, 5) is 16.7. The van der Waals surface area contributed by atoms with Gasteiger partial charge in [0.1, 0.15) is 5.76 Å². The van der Waals surface area contributed by atoms with Crippen molar-refractivity contribution in [2.45, 2.75) is 31.7 Å². The van der Waals surface area contributed by atoms with E-state index >= 15 is 0 Å². The van der Waals surface area contributed by atoms with Crippen LogP contribution < -0.4 is 4.90 Å². The lowest BCUT2D eigenvalue weighted by Crippen LogP contribution is -2.35. The summed E-state index contributed by atoms with van der Waals surface area (Å²) in [5.41, 5.74) is 1.48. The molecule has 2 heterocycles. The molecule has 23 heavy (non-hydrogen) atoms. The van der Waals surface area contributed by atoms with Crippen LogP contribution in [-0.4, -0.2) is 35.2 Å².